The monoisotopic (exact) mass is 269 g/mol. The molecule has 0 aliphatic heterocycles. The zero-order valence-corrected chi connectivity index (χ0v) is 10.9. The highest BCUT2D eigenvalue weighted by Gasteiger charge is 2.12. The largest absolute Gasteiger partial charge is 0.352 e. The molecule has 0 aliphatic rings. The molecule has 0 saturated heterocycles. The van der Waals surface area contributed by atoms with Crippen LogP contribution in [0.15, 0.2) is 48.5 Å². The summed E-state index contributed by atoms with van der Waals surface area (Å²) < 4.78 is 0. The molecule has 19 heavy (non-hydrogen) atoms. The quantitative estimate of drug-likeness (QED) is 0.710. The molecule has 0 saturated carbocycles. The van der Waals surface area contributed by atoms with E-state index in [1.54, 1.807) is 0 Å². The Labute approximate surface area is 116 Å². The van der Waals surface area contributed by atoms with Crippen LogP contribution in [0, 0.1) is 0 Å². The number of halogens is 1. The molecule has 1 aromatic heterocycles. The number of hydrogen-bond donors (Lipinski definition) is 1. The summed E-state index contributed by atoms with van der Waals surface area (Å²) in [6, 6.07) is 15.6. The summed E-state index contributed by atoms with van der Waals surface area (Å²) >= 11 is 6.19. The molecule has 1 heterocycles. The number of rotatable bonds is 3. The predicted octanol–water partition coefficient (Wildman–Crippen LogP) is 4.22. The van der Waals surface area contributed by atoms with Gasteiger partial charge in [-0.15, -0.1) is 0 Å². The molecule has 3 rings (SSSR count). The number of nitrogens with one attached hydrogen (secondary N) is 1. The molecule has 0 fully saturated rings. The topological polar surface area (TPSA) is 32.9 Å². The smallest absolute Gasteiger partial charge is 0.166 e. The van der Waals surface area contributed by atoms with Crippen LogP contribution >= 0.6 is 11.6 Å². The van der Waals surface area contributed by atoms with Crippen molar-refractivity contribution in [2.24, 2.45) is 0 Å². The first kappa shape index (κ1) is 12.0. The predicted molar refractivity (Wildman–Crippen MR) is 77.9 cm³/mol. The summed E-state index contributed by atoms with van der Waals surface area (Å²) in [5, 5.41) is 1.80. The normalized spacial score (nSPS) is 10.8. The van der Waals surface area contributed by atoms with Crippen LogP contribution in [-0.2, 0) is 6.42 Å². The summed E-state index contributed by atoms with van der Waals surface area (Å²) in [5.74, 6) is 0. The molecule has 0 unspecified atom stereocenters. The molecular weight excluding hydrogens is 258 g/mol. The molecule has 94 valence electrons. The first-order chi connectivity index (χ1) is 9.29. The number of hydrogen-bond acceptors (Lipinski definition) is 1. The Balaban J connectivity index is 2.14. The zero-order chi connectivity index (χ0) is 13.2. The van der Waals surface area contributed by atoms with E-state index < -0.39 is 0 Å². The van der Waals surface area contributed by atoms with E-state index in [4.69, 9.17) is 11.6 Å². The van der Waals surface area contributed by atoms with E-state index in [1.807, 2.05) is 48.5 Å². The van der Waals surface area contributed by atoms with Crippen LogP contribution in [-0.4, -0.2) is 11.3 Å². The third-order valence-corrected chi connectivity index (χ3v) is 3.66. The molecule has 0 bridgehead atoms. The van der Waals surface area contributed by atoms with Gasteiger partial charge in [-0.1, -0.05) is 48.0 Å². The van der Waals surface area contributed by atoms with Crippen LogP contribution in [0.4, 0.5) is 0 Å². The first-order valence-corrected chi connectivity index (χ1v) is 6.45. The van der Waals surface area contributed by atoms with E-state index in [2.05, 4.69) is 4.98 Å². The summed E-state index contributed by atoms with van der Waals surface area (Å²) in [5.41, 5.74) is 3.63. The summed E-state index contributed by atoms with van der Waals surface area (Å²) in [6.45, 7) is 0. The lowest BCUT2D eigenvalue weighted by Gasteiger charge is -2.04. The van der Waals surface area contributed by atoms with Crippen molar-refractivity contribution < 1.29 is 4.79 Å². The Hall–Kier alpha value is -2.06. The molecule has 0 amide bonds. The molecule has 0 aliphatic carbocycles. The molecule has 1 N–H and O–H groups in total. The van der Waals surface area contributed by atoms with Crippen molar-refractivity contribution in [3.8, 4) is 0 Å². The number of carbonyl (C=O) groups excluding carboxylic acids is 1. The van der Waals surface area contributed by atoms with Gasteiger partial charge in [-0.2, -0.15) is 0 Å². The second-order valence-corrected chi connectivity index (χ2v) is 4.86. The van der Waals surface area contributed by atoms with E-state index in [-0.39, 0.29) is 0 Å². The van der Waals surface area contributed by atoms with Gasteiger partial charge in [-0.3, -0.25) is 4.79 Å². The number of fused-ring (bicyclic) bond motifs is 1. The number of aromatic amines is 1. The fourth-order valence-electron chi connectivity index (χ4n) is 2.34. The first-order valence-electron chi connectivity index (χ1n) is 6.08. The Morgan fingerprint density at radius 2 is 1.79 bits per heavy atom. The Morgan fingerprint density at radius 3 is 2.58 bits per heavy atom. The van der Waals surface area contributed by atoms with E-state index in [1.165, 1.54) is 0 Å². The van der Waals surface area contributed by atoms with Crippen molar-refractivity contribution in [1.82, 2.24) is 4.98 Å². The minimum Gasteiger partial charge on any atom is -0.352 e. The van der Waals surface area contributed by atoms with E-state index in [0.717, 1.165) is 33.3 Å². The van der Waals surface area contributed by atoms with Crippen molar-refractivity contribution in [2.45, 2.75) is 6.42 Å². The number of para-hydroxylation sites is 1. The highest BCUT2D eigenvalue weighted by Crippen LogP contribution is 2.26. The van der Waals surface area contributed by atoms with Gasteiger partial charge >= 0.3 is 0 Å². The van der Waals surface area contributed by atoms with E-state index in [0.29, 0.717) is 12.1 Å². The van der Waals surface area contributed by atoms with Crippen molar-refractivity contribution in [3.05, 3.63) is 70.4 Å². The third kappa shape index (κ3) is 2.15. The van der Waals surface area contributed by atoms with Gasteiger partial charge in [0.1, 0.15) is 0 Å². The average Bonchev–Trinajstić information content (AvgIpc) is 2.79. The molecule has 0 atom stereocenters. The highest BCUT2D eigenvalue weighted by molar-refractivity contribution is 6.31. The second kappa shape index (κ2) is 4.90. The molecule has 0 spiro atoms. The van der Waals surface area contributed by atoms with Crippen LogP contribution in [0.3, 0.4) is 0 Å². The number of aldehydes is 1. The van der Waals surface area contributed by atoms with Crippen molar-refractivity contribution in [3.63, 3.8) is 0 Å². The van der Waals surface area contributed by atoms with Crippen molar-refractivity contribution in [2.75, 3.05) is 0 Å². The fourth-order valence-corrected chi connectivity index (χ4v) is 2.55. The highest BCUT2D eigenvalue weighted by atomic mass is 35.5. The third-order valence-electron chi connectivity index (χ3n) is 3.29. The van der Waals surface area contributed by atoms with E-state index in [9.17, 15) is 4.79 Å². The number of aromatic nitrogens is 1. The minimum atomic E-state index is 0.626. The van der Waals surface area contributed by atoms with Gasteiger partial charge < -0.3 is 4.98 Å². The Bertz CT molecular complexity index is 745. The van der Waals surface area contributed by atoms with Crippen LogP contribution in [0.25, 0.3) is 10.9 Å². The number of carbonyl (C=O) groups is 1. The Kier molecular flexibility index (Phi) is 3.10. The summed E-state index contributed by atoms with van der Waals surface area (Å²) in [4.78, 5) is 14.4. The maximum atomic E-state index is 11.2. The lowest BCUT2D eigenvalue weighted by molar-refractivity contribution is 0.111. The Morgan fingerprint density at radius 1 is 1.05 bits per heavy atom. The van der Waals surface area contributed by atoms with Gasteiger partial charge in [0.2, 0.25) is 0 Å². The van der Waals surface area contributed by atoms with Crippen LogP contribution in [0.5, 0.6) is 0 Å². The van der Waals surface area contributed by atoms with Gasteiger partial charge in [-0.05, 0) is 23.3 Å². The molecule has 3 aromatic rings. The second-order valence-electron chi connectivity index (χ2n) is 4.45. The molecule has 0 radical (unpaired) electrons. The van der Waals surface area contributed by atoms with Gasteiger partial charge in [0.15, 0.2) is 6.29 Å². The SMILES string of the molecule is O=Cc1[nH]c2ccccc2c1Cc1ccccc1Cl. The van der Waals surface area contributed by atoms with Gasteiger partial charge in [0.05, 0.1) is 5.69 Å². The van der Waals surface area contributed by atoms with E-state index >= 15 is 0 Å². The standard InChI is InChI=1S/C16H12ClNO/c17-14-7-3-1-5-11(14)9-13-12-6-2-4-8-15(12)18-16(13)10-19/h1-8,10,18H,9H2. The minimum absolute atomic E-state index is 0.626. The number of benzene rings is 2. The van der Waals surface area contributed by atoms with Crippen LogP contribution in [0.2, 0.25) is 5.02 Å². The summed E-state index contributed by atoms with van der Waals surface area (Å²) in [6.07, 6.45) is 1.52. The zero-order valence-electron chi connectivity index (χ0n) is 10.2. The maximum Gasteiger partial charge on any atom is 0.166 e. The van der Waals surface area contributed by atoms with Crippen molar-refractivity contribution in [1.29, 1.82) is 0 Å². The lowest BCUT2D eigenvalue weighted by Crippen LogP contribution is -1.93. The van der Waals surface area contributed by atoms with Crippen molar-refractivity contribution >= 4 is 28.8 Å². The lowest BCUT2D eigenvalue weighted by atomic mass is 10.0. The fraction of sp³-hybridized carbons (Fsp3) is 0.0625. The van der Waals surface area contributed by atoms with Gasteiger partial charge in [0, 0.05) is 22.3 Å². The molecule has 3 heteroatoms. The molecule has 2 aromatic carbocycles. The maximum absolute atomic E-state index is 11.2. The molecule has 2 nitrogen and oxygen atoms in total. The summed E-state index contributed by atoms with van der Waals surface area (Å²) in [7, 11) is 0. The average molecular weight is 270 g/mol. The van der Waals surface area contributed by atoms with Gasteiger partial charge in [0.25, 0.3) is 0 Å². The molecular formula is C16H12ClNO. The van der Waals surface area contributed by atoms with Gasteiger partial charge in [-0.25, -0.2) is 0 Å². The van der Waals surface area contributed by atoms with Crippen LogP contribution < -0.4 is 0 Å². The van der Waals surface area contributed by atoms with Crippen LogP contribution in [0.1, 0.15) is 21.6 Å². The number of H-pyrrole nitrogens is 1.